The molecule has 2 aromatic carbocycles. The summed E-state index contributed by atoms with van der Waals surface area (Å²) in [6.07, 6.45) is 2.93. The fourth-order valence-corrected chi connectivity index (χ4v) is 5.66. The van der Waals surface area contributed by atoms with Crippen LogP contribution in [0.4, 0.5) is 4.39 Å². The zero-order valence-corrected chi connectivity index (χ0v) is 18.1. The summed E-state index contributed by atoms with van der Waals surface area (Å²) in [5.41, 5.74) is 5.58. The molecule has 4 rings (SSSR count). The number of halogens is 1. The van der Waals surface area contributed by atoms with E-state index in [2.05, 4.69) is 15.5 Å². The molecule has 1 fully saturated rings. The Bertz CT molecular complexity index is 1050. The summed E-state index contributed by atoms with van der Waals surface area (Å²) in [5.74, 6) is 0.369. The van der Waals surface area contributed by atoms with Gasteiger partial charge in [0, 0.05) is 18.8 Å². The van der Waals surface area contributed by atoms with Gasteiger partial charge in [0.1, 0.15) is 5.82 Å². The van der Waals surface area contributed by atoms with Crippen molar-refractivity contribution in [1.29, 1.82) is 0 Å². The first-order valence-corrected chi connectivity index (χ1v) is 12.3. The summed E-state index contributed by atoms with van der Waals surface area (Å²) in [4.78, 5) is 4.79. The molecule has 30 heavy (non-hydrogen) atoms. The molecule has 0 radical (unpaired) electrons. The van der Waals surface area contributed by atoms with E-state index in [-0.39, 0.29) is 5.82 Å². The normalized spacial score (nSPS) is 19.4. The predicted octanol–water partition coefficient (Wildman–Crippen LogP) is 3.60. The maximum Gasteiger partial charge on any atom is 0.243 e. The summed E-state index contributed by atoms with van der Waals surface area (Å²) < 4.78 is 40.1. The number of piperidine rings is 1. The molecule has 158 valence electrons. The van der Waals surface area contributed by atoms with Crippen molar-refractivity contribution in [1.82, 2.24) is 9.73 Å². The summed E-state index contributed by atoms with van der Waals surface area (Å²) in [7, 11) is -3.42. The maximum atomic E-state index is 13.0. The van der Waals surface area contributed by atoms with Crippen molar-refractivity contribution in [2.75, 3.05) is 18.8 Å². The van der Waals surface area contributed by atoms with Crippen LogP contribution in [0, 0.1) is 5.82 Å². The molecule has 0 saturated carbocycles. The maximum absolute atomic E-state index is 13.0. The van der Waals surface area contributed by atoms with E-state index in [1.807, 2.05) is 0 Å². The number of thioether (sulfide) groups is 1. The Morgan fingerprint density at radius 2 is 1.73 bits per heavy atom. The van der Waals surface area contributed by atoms with Gasteiger partial charge in [0.25, 0.3) is 0 Å². The lowest BCUT2D eigenvalue weighted by Gasteiger charge is -2.26. The molecule has 0 bridgehead atoms. The highest BCUT2D eigenvalue weighted by atomic mass is 32.2. The van der Waals surface area contributed by atoms with Crippen molar-refractivity contribution < 1.29 is 12.8 Å². The van der Waals surface area contributed by atoms with Gasteiger partial charge in [-0.05, 0) is 48.2 Å². The van der Waals surface area contributed by atoms with E-state index in [1.54, 1.807) is 40.7 Å². The molecule has 0 unspecified atom stereocenters. The highest BCUT2D eigenvalue weighted by Gasteiger charge is 2.26. The highest BCUT2D eigenvalue weighted by Crippen LogP contribution is 2.22. The van der Waals surface area contributed by atoms with Crippen molar-refractivity contribution in [2.45, 2.75) is 30.7 Å². The number of rotatable bonds is 5. The van der Waals surface area contributed by atoms with Gasteiger partial charge in [-0.2, -0.15) is 9.41 Å². The summed E-state index contributed by atoms with van der Waals surface area (Å²) >= 11 is 1.53. The second-order valence-corrected chi connectivity index (χ2v) is 10.1. The SMILES string of the molecule is O=S(=O)(c1ccc(C2=NNC(=NCc3ccc(F)cc3)SC2)cc1)N1CCCCC1. The summed E-state index contributed by atoms with van der Waals surface area (Å²) in [6.45, 7) is 1.64. The number of hydrogen-bond donors (Lipinski definition) is 1. The van der Waals surface area contributed by atoms with Crippen LogP contribution in [0.3, 0.4) is 0 Å². The van der Waals surface area contributed by atoms with Crippen molar-refractivity contribution in [3.63, 3.8) is 0 Å². The van der Waals surface area contributed by atoms with Gasteiger partial charge in [0.2, 0.25) is 10.0 Å². The average molecular weight is 447 g/mol. The number of nitrogens with zero attached hydrogens (tertiary/aromatic N) is 3. The third-order valence-corrected chi connectivity index (χ3v) is 7.92. The van der Waals surface area contributed by atoms with Gasteiger partial charge in [0.05, 0.1) is 17.2 Å². The number of hydrazone groups is 1. The second-order valence-electron chi connectivity index (χ2n) is 7.20. The minimum atomic E-state index is -3.42. The van der Waals surface area contributed by atoms with Crippen LogP contribution in [0.25, 0.3) is 0 Å². The molecule has 1 saturated heterocycles. The Morgan fingerprint density at radius 1 is 1.03 bits per heavy atom. The Hall–Kier alpha value is -2.23. The van der Waals surface area contributed by atoms with Crippen LogP contribution in [-0.4, -0.2) is 42.4 Å². The molecule has 2 heterocycles. The molecule has 9 heteroatoms. The van der Waals surface area contributed by atoms with E-state index in [0.717, 1.165) is 36.1 Å². The molecule has 0 amide bonds. The van der Waals surface area contributed by atoms with Crippen molar-refractivity contribution in [2.24, 2.45) is 10.1 Å². The van der Waals surface area contributed by atoms with Gasteiger partial charge in [0.15, 0.2) is 5.17 Å². The second kappa shape index (κ2) is 9.28. The van der Waals surface area contributed by atoms with E-state index < -0.39 is 10.0 Å². The third kappa shape index (κ3) is 4.91. The number of sulfonamides is 1. The molecule has 0 aliphatic carbocycles. The molecule has 0 aromatic heterocycles. The monoisotopic (exact) mass is 446 g/mol. The lowest BCUT2D eigenvalue weighted by Crippen LogP contribution is -2.35. The molecule has 2 aliphatic rings. The first-order chi connectivity index (χ1) is 14.5. The zero-order chi connectivity index (χ0) is 21.0. The number of hydrogen-bond acceptors (Lipinski definition) is 5. The minimum Gasteiger partial charge on any atom is -0.256 e. The largest absolute Gasteiger partial charge is 0.256 e. The van der Waals surface area contributed by atoms with Crippen LogP contribution >= 0.6 is 11.8 Å². The Labute approximate surface area is 180 Å². The van der Waals surface area contributed by atoms with E-state index in [9.17, 15) is 12.8 Å². The van der Waals surface area contributed by atoms with Gasteiger partial charge in [-0.25, -0.2) is 12.8 Å². The molecular weight excluding hydrogens is 423 g/mol. The number of aliphatic imine (C=N–C) groups is 1. The van der Waals surface area contributed by atoms with Gasteiger partial charge in [-0.15, -0.1) is 0 Å². The molecule has 2 aliphatic heterocycles. The Morgan fingerprint density at radius 3 is 2.37 bits per heavy atom. The predicted molar refractivity (Wildman–Crippen MR) is 119 cm³/mol. The molecule has 6 nitrogen and oxygen atoms in total. The van der Waals surface area contributed by atoms with E-state index in [4.69, 9.17) is 0 Å². The average Bonchev–Trinajstić information content (AvgIpc) is 2.80. The van der Waals surface area contributed by atoms with Crippen molar-refractivity contribution in [3.05, 3.63) is 65.5 Å². The number of amidine groups is 1. The van der Waals surface area contributed by atoms with Crippen LogP contribution in [-0.2, 0) is 16.6 Å². The van der Waals surface area contributed by atoms with E-state index in [1.165, 1.54) is 23.9 Å². The van der Waals surface area contributed by atoms with E-state index in [0.29, 0.717) is 35.5 Å². The van der Waals surface area contributed by atoms with Crippen LogP contribution in [0.2, 0.25) is 0 Å². The number of nitrogens with one attached hydrogen (secondary N) is 1. The third-order valence-electron chi connectivity index (χ3n) is 5.09. The van der Waals surface area contributed by atoms with Crippen LogP contribution in [0.1, 0.15) is 30.4 Å². The van der Waals surface area contributed by atoms with Crippen LogP contribution in [0.5, 0.6) is 0 Å². The lowest BCUT2D eigenvalue weighted by atomic mass is 10.1. The fraction of sp³-hybridized carbons (Fsp3) is 0.333. The summed E-state index contributed by atoms with van der Waals surface area (Å²) in [5, 5.41) is 5.09. The smallest absolute Gasteiger partial charge is 0.243 e. The fourth-order valence-electron chi connectivity index (χ4n) is 3.37. The molecule has 2 aromatic rings. The van der Waals surface area contributed by atoms with Gasteiger partial charge in [-0.3, -0.25) is 10.4 Å². The topological polar surface area (TPSA) is 74.1 Å². The van der Waals surface area contributed by atoms with Gasteiger partial charge >= 0.3 is 0 Å². The Kier molecular flexibility index (Phi) is 6.50. The molecule has 0 spiro atoms. The molecule has 1 N–H and O–H groups in total. The van der Waals surface area contributed by atoms with E-state index >= 15 is 0 Å². The zero-order valence-electron chi connectivity index (χ0n) is 16.4. The van der Waals surface area contributed by atoms with Gasteiger partial charge < -0.3 is 0 Å². The van der Waals surface area contributed by atoms with Crippen molar-refractivity contribution >= 4 is 32.7 Å². The standard InChI is InChI=1S/C21H23FN4O2S2/c22-18-8-4-16(5-9-18)14-23-21-25-24-20(15-29-21)17-6-10-19(11-7-17)30(27,28)26-12-2-1-3-13-26/h4-11H,1-3,12-15H2,(H,23,25). The molecular formula is C21H23FN4O2S2. The first kappa shape index (κ1) is 21.0. The molecule has 0 atom stereocenters. The minimum absolute atomic E-state index is 0.263. The van der Waals surface area contributed by atoms with Crippen LogP contribution < -0.4 is 5.43 Å². The van der Waals surface area contributed by atoms with Crippen LogP contribution in [0.15, 0.2) is 63.5 Å². The lowest BCUT2D eigenvalue weighted by molar-refractivity contribution is 0.346. The van der Waals surface area contributed by atoms with Gasteiger partial charge in [-0.1, -0.05) is 42.4 Å². The summed E-state index contributed by atoms with van der Waals surface area (Å²) in [6, 6.07) is 13.2. The first-order valence-electron chi connectivity index (χ1n) is 9.87. The Balaban J connectivity index is 1.40. The highest BCUT2D eigenvalue weighted by molar-refractivity contribution is 8.14. The quantitative estimate of drug-likeness (QED) is 0.762. The number of benzene rings is 2. The van der Waals surface area contributed by atoms with Crippen molar-refractivity contribution in [3.8, 4) is 0 Å².